The van der Waals surface area contributed by atoms with Crippen LogP contribution in [0.2, 0.25) is 0 Å². The Bertz CT molecular complexity index is 405. The highest BCUT2D eigenvalue weighted by Crippen LogP contribution is 2.21. The molecule has 0 radical (unpaired) electrons. The maximum Gasteiger partial charge on any atom is 0.125 e. The molecule has 3 nitrogen and oxygen atoms in total. The summed E-state index contributed by atoms with van der Waals surface area (Å²) in [7, 11) is 0. The van der Waals surface area contributed by atoms with Gasteiger partial charge in [-0.25, -0.2) is 0 Å². The van der Waals surface area contributed by atoms with Crippen molar-refractivity contribution in [1.29, 1.82) is 0 Å². The van der Waals surface area contributed by atoms with Gasteiger partial charge in [0.05, 0.1) is 18.8 Å². The molecule has 18 heavy (non-hydrogen) atoms. The van der Waals surface area contributed by atoms with Crippen LogP contribution < -0.4 is 0 Å². The molecule has 1 N–H and O–H groups in total. The number of aliphatic hydroxyl groups excluding tert-OH is 1. The average Bonchev–Trinajstić information content (AvgIpc) is 2.87. The standard InChI is InChI=1S/C15H18O3/c16-11-15-9-8-14(18-15)7-4-10-17-12-13-5-2-1-3-6-13/h1-3,5-6,14-16H,7-9,11-12H2/t14-,15-/m0/s1. The van der Waals surface area contributed by atoms with Crippen LogP contribution in [0.15, 0.2) is 30.3 Å². The van der Waals surface area contributed by atoms with Crippen LogP contribution in [-0.4, -0.2) is 23.9 Å². The van der Waals surface area contributed by atoms with Gasteiger partial charge in [-0.2, -0.15) is 0 Å². The van der Waals surface area contributed by atoms with E-state index in [1.54, 1.807) is 0 Å². The van der Waals surface area contributed by atoms with Gasteiger partial charge in [0.25, 0.3) is 0 Å². The van der Waals surface area contributed by atoms with E-state index in [1.165, 1.54) is 0 Å². The zero-order valence-corrected chi connectivity index (χ0v) is 10.3. The van der Waals surface area contributed by atoms with Crippen molar-refractivity contribution in [3.8, 4) is 12.0 Å². The molecule has 0 bridgehead atoms. The molecule has 1 aliphatic heterocycles. The number of rotatable bonds is 4. The van der Waals surface area contributed by atoms with E-state index in [2.05, 4.69) is 12.0 Å². The molecule has 0 saturated carbocycles. The highest BCUT2D eigenvalue weighted by molar-refractivity contribution is 5.13. The minimum atomic E-state index is 0.00189. The average molecular weight is 246 g/mol. The molecule has 0 amide bonds. The molecule has 1 heterocycles. The number of hydrogen-bond acceptors (Lipinski definition) is 3. The van der Waals surface area contributed by atoms with Crippen LogP contribution in [0.3, 0.4) is 0 Å². The Kier molecular flexibility index (Phi) is 5.07. The van der Waals surface area contributed by atoms with Crippen molar-refractivity contribution in [2.45, 2.75) is 38.1 Å². The molecule has 1 aromatic carbocycles. The first kappa shape index (κ1) is 12.9. The number of aliphatic hydroxyl groups is 1. The third kappa shape index (κ3) is 4.06. The third-order valence-electron chi connectivity index (χ3n) is 2.95. The van der Waals surface area contributed by atoms with Gasteiger partial charge in [0.15, 0.2) is 0 Å². The summed E-state index contributed by atoms with van der Waals surface area (Å²) in [6.07, 6.45) is 5.42. The first-order valence-corrected chi connectivity index (χ1v) is 6.28. The van der Waals surface area contributed by atoms with Crippen molar-refractivity contribution < 1.29 is 14.6 Å². The number of benzene rings is 1. The topological polar surface area (TPSA) is 38.7 Å². The van der Waals surface area contributed by atoms with Gasteiger partial charge in [-0.3, -0.25) is 0 Å². The fourth-order valence-corrected chi connectivity index (χ4v) is 1.96. The van der Waals surface area contributed by atoms with E-state index in [-0.39, 0.29) is 18.8 Å². The van der Waals surface area contributed by atoms with Crippen molar-refractivity contribution in [2.24, 2.45) is 0 Å². The fraction of sp³-hybridized carbons (Fsp3) is 0.467. The second kappa shape index (κ2) is 7.05. The molecule has 0 aromatic heterocycles. The van der Waals surface area contributed by atoms with E-state index in [4.69, 9.17) is 14.6 Å². The minimum Gasteiger partial charge on any atom is -0.442 e. The molecule has 1 aromatic rings. The Balaban J connectivity index is 1.64. The Hall–Kier alpha value is -1.50. The lowest BCUT2D eigenvalue weighted by atomic mass is 10.1. The zero-order valence-electron chi connectivity index (χ0n) is 10.3. The molecule has 0 unspecified atom stereocenters. The molecule has 1 aliphatic rings. The van der Waals surface area contributed by atoms with Crippen molar-refractivity contribution in [1.82, 2.24) is 0 Å². The van der Waals surface area contributed by atoms with Crippen LogP contribution in [0.4, 0.5) is 0 Å². The molecule has 2 atom stereocenters. The molecule has 96 valence electrons. The Morgan fingerprint density at radius 3 is 2.72 bits per heavy atom. The summed E-state index contributed by atoms with van der Waals surface area (Å²) in [4.78, 5) is 0. The van der Waals surface area contributed by atoms with Crippen LogP contribution >= 0.6 is 0 Å². The van der Waals surface area contributed by atoms with Gasteiger partial charge in [0.2, 0.25) is 0 Å². The van der Waals surface area contributed by atoms with E-state index in [0.717, 1.165) is 18.4 Å². The van der Waals surface area contributed by atoms with Crippen molar-refractivity contribution in [3.05, 3.63) is 35.9 Å². The van der Waals surface area contributed by atoms with Gasteiger partial charge in [0, 0.05) is 6.42 Å². The summed E-state index contributed by atoms with van der Waals surface area (Å²) in [6.45, 7) is 0.618. The molecular weight excluding hydrogens is 228 g/mol. The lowest BCUT2D eigenvalue weighted by Crippen LogP contribution is -2.13. The first-order chi connectivity index (χ1) is 8.88. The molecule has 2 rings (SSSR count). The Morgan fingerprint density at radius 1 is 1.22 bits per heavy atom. The van der Waals surface area contributed by atoms with Crippen LogP contribution in [-0.2, 0) is 16.1 Å². The minimum absolute atomic E-state index is 0.00189. The van der Waals surface area contributed by atoms with Gasteiger partial charge in [-0.05, 0) is 18.4 Å². The van der Waals surface area contributed by atoms with Gasteiger partial charge >= 0.3 is 0 Å². The predicted molar refractivity (Wildman–Crippen MR) is 68.6 cm³/mol. The Labute approximate surface area is 108 Å². The summed E-state index contributed by atoms with van der Waals surface area (Å²) < 4.78 is 10.8. The van der Waals surface area contributed by atoms with Gasteiger partial charge < -0.3 is 14.6 Å². The summed E-state index contributed by atoms with van der Waals surface area (Å²) >= 11 is 0. The molecule has 3 heteroatoms. The van der Waals surface area contributed by atoms with Gasteiger partial charge in [-0.1, -0.05) is 36.3 Å². The Morgan fingerprint density at radius 2 is 2.00 bits per heavy atom. The lowest BCUT2D eigenvalue weighted by molar-refractivity contribution is 0.0141. The van der Waals surface area contributed by atoms with E-state index in [9.17, 15) is 0 Å². The number of hydrogen-bond donors (Lipinski definition) is 1. The quantitative estimate of drug-likeness (QED) is 0.827. The van der Waals surface area contributed by atoms with Crippen molar-refractivity contribution in [2.75, 3.05) is 6.61 Å². The van der Waals surface area contributed by atoms with Crippen molar-refractivity contribution in [3.63, 3.8) is 0 Å². The second-order valence-electron chi connectivity index (χ2n) is 4.40. The zero-order chi connectivity index (χ0) is 12.6. The van der Waals surface area contributed by atoms with Gasteiger partial charge in [-0.15, -0.1) is 0 Å². The molecule has 1 fully saturated rings. The highest BCUT2D eigenvalue weighted by Gasteiger charge is 2.23. The van der Waals surface area contributed by atoms with Crippen LogP contribution in [0, 0.1) is 12.0 Å². The normalized spacial score (nSPS) is 22.3. The summed E-state index contributed by atoms with van der Waals surface area (Å²) in [6, 6.07) is 9.95. The second-order valence-corrected chi connectivity index (χ2v) is 4.40. The monoisotopic (exact) mass is 246 g/mol. The van der Waals surface area contributed by atoms with E-state index < -0.39 is 0 Å². The van der Waals surface area contributed by atoms with Crippen LogP contribution in [0.25, 0.3) is 0 Å². The maximum absolute atomic E-state index is 8.93. The molecule has 0 aliphatic carbocycles. The summed E-state index contributed by atoms with van der Waals surface area (Å²) in [5.41, 5.74) is 1.12. The van der Waals surface area contributed by atoms with E-state index in [0.29, 0.717) is 13.0 Å². The van der Waals surface area contributed by atoms with Crippen molar-refractivity contribution >= 4 is 0 Å². The SMILES string of the molecule is OC[C@@H]1CC[C@H](CC#COCc2ccccc2)O1. The maximum atomic E-state index is 8.93. The lowest BCUT2D eigenvalue weighted by Gasteiger charge is -2.07. The van der Waals surface area contributed by atoms with Crippen LogP contribution in [0.5, 0.6) is 0 Å². The highest BCUT2D eigenvalue weighted by atomic mass is 16.5. The summed E-state index contributed by atoms with van der Waals surface area (Å²) in [5, 5.41) is 8.93. The van der Waals surface area contributed by atoms with E-state index in [1.807, 2.05) is 30.3 Å². The predicted octanol–water partition coefficient (Wildman–Crippen LogP) is 2.09. The first-order valence-electron chi connectivity index (χ1n) is 6.28. The van der Waals surface area contributed by atoms with Crippen LogP contribution in [0.1, 0.15) is 24.8 Å². The molecular formula is C15H18O3. The van der Waals surface area contributed by atoms with E-state index >= 15 is 0 Å². The number of ether oxygens (including phenoxy) is 2. The summed E-state index contributed by atoms with van der Waals surface area (Å²) in [5.74, 6) is 2.96. The smallest absolute Gasteiger partial charge is 0.125 e. The largest absolute Gasteiger partial charge is 0.442 e. The molecule has 1 saturated heterocycles. The fourth-order valence-electron chi connectivity index (χ4n) is 1.96. The van der Waals surface area contributed by atoms with Gasteiger partial charge in [0.1, 0.15) is 12.7 Å². The third-order valence-corrected chi connectivity index (χ3v) is 2.95. The molecule has 0 spiro atoms.